The van der Waals surface area contributed by atoms with Crippen LogP contribution in [0.4, 0.5) is 0 Å². The molecule has 0 atom stereocenters. The highest BCUT2D eigenvalue weighted by Gasteiger charge is 1.98. The number of nitrogens with one attached hydrogen (secondary N) is 1. The molecule has 0 aliphatic carbocycles. The van der Waals surface area contributed by atoms with Crippen molar-refractivity contribution >= 4 is 0 Å². The molecular formula is C13H24N2O. The summed E-state index contributed by atoms with van der Waals surface area (Å²) >= 11 is 0. The average Bonchev–Trinajstić information content (AvgIpc) is 2.81. The molecule has 0 saturated heterocycles. The zero-order chi connectivity index (χ0) is 11.6. The molecule has 1 aromatic rings. The van der Waals surface area contributed by atoms with E-state index >= 15 is 0 Å². The third kappa shape index (κ3) is 5.33. The molecule has 0 aliphatic rings. The standard InChI is InChI=1S/C13H24N2O/c1-3-15(4-2)9-6-5-8-14-11-13-7-10-16-12-13/h7,10,12,14H,3-6,8-9,11H2,1-2H3. The Morgan fingerprint density at radius 3 is 2.69 bits per heavy atom. The van der Waals surface area contributed by atoms with Crippen LogP contribution in [0.2, 0.25) is 0 Å². The highest BCUT2D eigenvalue weighted by atomic mass is 16.3. The monoisotopic (exact) mass is 224 g/mol. The SMILES string of the molecule is CCN(CC)CCCCNCc1ccoc1. The van der Waals surface area contributed by atoms with Gasteiger partial charge >= 0.3 is 0 Å². The molecule has 1 heterocycles. The van der Waals surface area contributed by atoms with E-state index in [1.54, 1.807) is 12.5 Å². The average molecular weight is 224 g/mol. The first-order chi connectivity index (χ1) is 7.86. The van der Waals surface area contributed by atoms with Crippen LogP contribution >= 0.6 is 0 Å². The summed E-state index contributed by atoms with van der Waals surface area (Å²) in [5.41, 5.74) is 1.23. The number of rotatable bonds is 9. The highest BCUT2D eigenvalue weighted by molar-refractivity contribution is 5.04. The number of hydrogen-bond acceptors (Lipinski definition) is 3. The summed E-state index contributed by atoms with van der Waals surface area (Å²) in [4.78, 5) is 2.47. The topological polar surface area (TPSA) is 28.4 Å². The maximum atomic E-state index is 5.01. The molecule has 3 nitrogen and oxygen atoms in total. The lowest BCUT2D eigenvalue weighted by Crippen LogP contribution is -2.25. The van der Waals surface area contributed by atoms with Crippen LogP contribution in [0.15, 0.2) is 23.0 Å². The fourth-order valence-corrected chi connectivity index (χ4v) is 1.75. The smallest absolute Gasteiger partial charge is 0.0947 e. The van der Waals surface area contributed by atoms with Crippen molar-refractivity contribution in [1.29, 1.82) is 0 Å². The molecule has 1 aromatic heterocycles. The van der Waals surface area contributed by atoms with Gasteiger partial charge in [-0.1, -0.05) is 13.8 Å². The number of nitrogens with zero attached hydrogens (tertiary/aromatic N) is 1. The first kappa shape index (κ1) is 13.3. The Morgan fingerprint density at radius 2 is 2.06 bits per heavy atom. The van der Waals surface area contributed by atoms with Crippen molar-refractivity contribution < 1.29 is 4.42 Å². The zero-order valence-electron chi connectivity index (χ0n) is 10.5. The van der Waals surface area contributed by atoms with Crippen LogP contribution in [0.3, 0.4) is 0 Å². The van der Waals surface area contributed by atoms with Crippen LogP contribution in [-0.2, 0) is 6.54 Å². The van der Waals surface area contributed by atoms with E-state index in [9.17, 15) is 0 Å². The van der Waals surface area contributed by atoms with Gasteiger partial charge in [-0.25, -0.2) is 0 Å². The van der Waals surface area contributed by atoms with Crippen molar-refractivity contribution in [2.24, 2.45) is 0 Å². The Morgan fingerprint density at radius 1 is 1.25 bits per heavy atom. The van der Waals surface area contributed by atoms with Gasteiger partial charge < -0.3 is 14.6 Å². The lowest BCUT2D eigenvalue weighted by atomic mass is 10.2. The second-order valence-electron chi connectivity index (χ2n) is 4.04. The van der Waals surface area contributed by atoms with Crippen molar-refractivity contribution in [2.75, 3.05) is 26.2 Å². The fourth-order valence-electron chi connectivity index (χ4n) is 1.75. The normalized spacial score (nSPS) is 11.2. The lowest BCUT2D eigenvalue weighted by Gasteiger charge is -2.17. The van der Waals surface area contributed by atoms with Crippen LogP contribution in [0.5, 0.6) is 0 Å². The molecule has 3 heteroatoms. The van der Waals surface area contributed by atoms with Crippen molar-refractivity contribution in [3.63, 3.8) is 0 Å². The maximum absolute atomic E-state index is 5.01. The molecule has 16 heavy (non-hydrogen) atoms. The summed E-state index contributed by atoms with van der Waals surface area (Å²) in [6, 6.07) is 2.00. The van der Waals surface area contributed by atoms with Crippen LogP contribution in [0.25, 0.3) is 0 Å². The predicted octanol–water partition coefficient (Wildman–Crippen LogP) is 2.49. The first-order valence-electron chi connectivity index (χ1n) is 6.31. The molecule has 0 aromatic carbocycles. The minimum absolute atomic E-state index is 0.918. The van der Waals surface area contributed by atoms with Gasteiger partial charge in [-0.15, -0.1) is 0 Å². The van der Waals surface area contributed by atoms with Gasteiger partial charge in [0.25, 0.3) is 0 Å². The minimum Gasteiger partial charge on any atom is -0.472 e. The fraction of sp³-hybridized carbons (Fsp3) is 0.692. The molecule has 0 unspecified atom stereocenters. The Bertz CT molecular complexity index is 242. The molecule has 0 aliphatic heterocycles. The molecule has 0 spiro atoms. The van der Waals surface area contributed by atoms with Crippen molar-refractivity contribution in [1.82, 2.24) is 10.2 Å². The zero-order valence-corrected chi connectivity index (χ0v) is 10.5. The Hall–Kier alpha value is -0.800. The predicted molar refractivity (Wildman–Crippen MR) is 67.4 cm³/mol. The van der Waals surface area contributed by atoms with Crippen LogP contribution < -0.4 is 5.32 Å². The molecule has 0 saturated carbocycles. The van der Waals surface area contributed by atoms with E-state index in [0.29, 0.717) is 0 Å². The van der Waals surface area contributed by atoms with E-state index in [1.165, 1.54) is 38.0 Å². The van der Waals surface area contributed by atoms with E-state index in [-0.39, 0.29) is 0 Å². The number of furan rings is 1. The van der Waals surface area contributed by atoms with Gasteiger partial charge in [0, 0.05) is 12.1 Å². The van der Waals surface area contributed by atoms with Gasteiger partial charge in [0.15, 0.2) is 0 Å². The third-order valence-electron chi connectivity index (χ3n) is 2.88. The summed E-state index contributed by atoms with van der Waals surface area (Å²) in [6.07, 6.45) is 6.04. The van der Waals surface area contributed by atoms with Gasteiger partial charge in [0.05, 0.1) is 12.5 Å². The molecule has 92 valence electrons. The van der Waals surface area contributed by atoms with Crippen molar-refractivity contribution in [3.8, 4) is 0 Å². The summed E-state index contributed by atoms with van der Waals surface area (Å²) in [5.74, 6) is 0. The van der Waals surface area contributed by atoms with Crippen LogP contribution in [-0.4, -0.2) is 31.1 Å². The summed E-state index contributed by atoms with van der Waals surface area (Å²) < 4.78 is 5.01. The molecule has 0 amide bonds. The first-order valence-corrected chi connectivity index (χ1v) is 6.31. The van der Waals surface area contributed by atoms with Gasteiger partial charge in [-0.2, -0.15) is 0 Å². The van der Waals surface area contributed by atoms with Gasteiger partial charge in [0.2, 0.25) is 0 Å². The molecule has 0 fully saturated rings. The minimum atomic E-state index is 0.918. The summed E-state index contributed by atoms with van der Waals surface area (Å²) in [7, 11) is 0. The van der Waals surface area contributed by atoms with Crippen molar-refractivity contribution in [3.05, 3.63) is 24.2 Å². The van der Waals surface area contributed by atoms with Gasteiger partial charge in [-0.3, -0.25) is 0 Å². The van der Waals surface area contributed by atoms with Gasteiger partial charge in [-0.05, 0) is 45.1 Å². The van der Waals surface area contributed by atoms with E-state index in [4.69, 9.17) is 4.42 Å². The molecule has 0 bridgehead atoms. The van der Waals surface area contributed by atoms with E-state index in [1.807, 2.05) is 6.07 Å². The quantitative estimate of drug-likeness (QED) is 0.653. The summed E-state index contributed by atoms with van der Waals surface area (Å²) in [5, 5.41) is 3.42. The Kier molecular flexibility index (Phi) is 6.93. The van der Waals surface area contributed by atoms with E-state index in [0.717, 1.165) is 13.1 Å². The third-order valence-corrected chi connectivity index (χ3v) is 2.88. The Balaban J connectivity index is 1.92. The number of unbranched alkanes of at least 4 members (excludes halogenated alkanes) is 1. The largest absolute Gasteiger partial charge is 0.472 e. The molecule has 0 radical (unpaired) electrons. The van der Waals surface area contributed by atoms with E-state index < -0.39 is 0 Å². The summed E-state index contributed by atoms with van der Waals surface area (Å²) in [6.45, 7) is 10.0. The molecule has 1 N–H and O–H groups in total. The maximum Gasteiger partial charge on any atom is 0.0947 e. The second kappa shape index (κ2) is 8.36. The molecule has 1 rings (SSSR count). The second-order valence-corrected chi connectivity index (χ2v) is 4.04. The van der Waals surface area contributed by atoms with Crippen LogP contribution in [0.1, 0.15) is 32.3 Å². The van der Waals surface area contributed by atoms with E-state index in [2.05, 4.69) is 24.1 Å². The van der Waals surface area contributed by atoms with Gasteiger partial charge in [0.1, 0.15) is 0 Å². The highest BCUT2D eigenvalue weighted by Crippen LogP contribution is 1.99. The van der Waals surface area contributed by atoms with Crippen LogP contribution in [0, 0.1) is 0 Å². The lowest BCUT2D eigenvalue weighted by molar-refractivity contribution is 0.296. The Labute approximate surface area is 98.8 Å². The molecular weight excluding hydrogens is 200 g/mol. The van der Waals surface area contributed by atoms with Crippen molar-refractivity contribution in [2.45, 2.75) is 33.2 Å². The number of hydrogen-bond donors (Lipinski definition) is 1.